The molecule has 1 unspecified atom stereocenters. The smallest absolute Gasteiger partial charge is 0.231 e. The van der Waals surface area contributed by atoms with Crippen LogP contribution < -0.4 is 19.5 Å². The molecule has 26 heavy (non-hydrogen) atoms. The Bertz CT molecular complexity index is 999. The van der Waals surface area contributed by atoms with Crippen LogP contribution in [-0.4, -0.2) is 18.5 Å². The number of rotatable bonds is 2. The Kier molecular flexibility index (Phi) is 3.39. The summed E-state index contributed by atoms with van der Waals surface area (Å²) in [7, 11) is 1.48. The lowest BCUT2D eigenvalue weighted by atomic mass is 10.0. The van der Waals surface area contributed by atoms with Crippen molar-refractivity contribution < 1.29 is 23.9 Å². The fourth-order valence-corrected chi connectivity index (χ4v) is 3.82. The van der Waals surface area contributed by atoms with Gasteiger partial charge in [-0.05, 0) is 42.5 Å². The van der Waals surface area contributed by atoms with Gasteiger partial charge in [-0.25, -0.2) is 4.39 Å². The van der Waals surface area contributed by atoms with E-state index in [9.17, 15) is 4.39 Å². The number of benzene rings is 2. The van der Waals surface area contributed by atoms with Crippen LogP contribution >= 0.6 is 0 Å². The average Bonchev–Trinajstić information content (AvgIpc) is 3.30. The topological polar surface area (TPSA) is 49.2 Å². The minimum atomic E-state index is -0.355. The summed E-state index contributed by atoms with van der Waals surface area (Å²) in [5, 5.41) is 2.24. The SMILES string of the molecule is COc1cc(C2[NH2+]Cc3ccc4c(c3-n3cccc32)OCO4)ccc1F. The largest absolute Gasteiger partial charge is 0.494 e. The molecule has 0 spiro atoms. The summed E-state index contributed by atoms with van der Waals surface area (Å²) >= 11 is 0. The van der Waals surface area contributed by atoms with E-state index in [0.717, 1.165) is 35.0 Å². The fraction of sp³-hybridized carbons (Fsp3) is 0.200. The summed E-state index contributed by atoms with van der Waals surface area (Å²) < 4.78 is 32.5. The maximum absolute atomic E-state index is 13.8. The molecule has 1 aromatic heterocycles. The van der Waals surface area contributed by atoms with Crippen molar-refractivity contribution in [3.05, 3.63) is 71.3 Å². The van der Waals surface area contributed by atoms with Gasteiger partial charge in [0.05, 0.1) is 12.8 Å². The Labute approximate surface area is 149 Å². The molecule has 2 aliphatic rings. The summed E-state index contributed by atoms with van der Waals surface area (Å²) in [6.45, 7) is 1.02. The van der Waals surface area contributed by atoms with E-state index >= 15 is 0 Å². The molecule has 1 atom stereocenters. The van der Waals surface area contributed by atoms with E-state index in [1.165, 1.54) is 18.7 Å². The molecule has 5 rings (SSSR count). The molecule has 2 aromatic carbocycles. The van der Waals surface area contributed by atoms with Gasteiger partial charge in [-0.15, -0.1) is 0 Å². The van der Waals surface area contributed by atoms with Crippen LogP contribution in [-0.2, 0) is 6.54 Å². The zero-order valence-corrected chi connectivity index (χ0v) is 14.2. The Balaban J connectivity index is 1.67. The first-order chi connectivity index (χ1) is 12.8. The zero-order valence-electron chi connectivity index (χ0n) is 14.2. The van der Waals surface area contributed by atoms with Crippen LogP contribution in [0.25, 0.3) is 5.69 Å². The van der Waals surface area contributed by atoms with Gasteiger partial charge in [0.15, 0.2) is 29.1 Å². The summed E-state index contributed by atoms with van der Waals surface area (Å²) in [5.41, 5.74) is 4.28. The number of ether oxygens (including phenoxy) is 3. The highest BCUT2D eigenvalue weighted by molar-refractivity contribution is 5.62. The van der Waals surface area contributed by atoms with Crippen LogP contribution in [0.4, 0.5) is 4.39 Å². The Morgan fingerprint density at radius 2 is 2.12 bits per heavy atom. The molecule has 0 saturated carbocycles. The first kappa shape index (κ1) is 15.3. The molecule has 132 valence electrons. The van der Waals surface area contributed by atoms with Crippen LogP contribution in [0.15, 0.2) is 48.7 Å². The minimum absolute atomic E-state index is 0.0184. The van der Waals surface area contributed by atoms with Crippen molar-refractivity contribution in [3.8, 4) is 22.9 Å². The summed E-state index contributed by atoms with van der Waals surface area (Å²) in [6.07, 6.45) is 2.03. The second kappa shape index (κ2) is 5.78. The van der Waals surface area contributed by atoms with Gasteiger partial charge in [-0.2, -0.15) is 0 Å². The summed E-state index contributed by atoms with van der Waals surface area (Å²) in [6, 6.07) is 13.2. The normalized spacial score (nSPS) is 17.4. The monoisotopic (exact) mass is 353 g/mol. The molecule has 0 aliphatic carbocycles. The predicted octanol–water partition coefficient (Wildman–Crippen LogP) is 2.52. The molecule has 5 nitrogen and oxygen atoms in total. The number of nitrogens with two attached hydrogens (primary N) is 1. The van der Waals surface area contributed by atoms with E-state index in [1.54, 1.807) is 6.07 Å². The number of halogens is 1. The van der Waals surface area contributed by atoms with Crippen molar-refractivity contribution in [2.75, 3.05) is 13.9 Å². The van der Waals surface area contributed by atoms with E-state index in [0.29, 0.717) is 0 Å². The third kappa shape index (κ3) is 2.19. The predicted molar refractivity (Wildman–Crippen MR) is 92.3 cm³/mol. The van der Waals surface area contributed by atoms with E-state index in [2.05, 4.69) is 22.0 Å². The lowest BCUT2D eigenvalue weighted by molar-refractivity contribution is -0.702. The lowest BCUT2D eigenvalue weighted by Crippen LogP contribution is -2.83. The number of quaternary nitrogens is 1. The fourth-order valence-electron chi connectivity index (χ4n) is 3.82. The van der Waals surface area contributed by atoms with Gasteiger partial charge in [0.1, 0.15) is 12.2 Å². The van der Waals surface area contributed by atoms with Crippen molar-refractivity contribution >= 4 is 0 Å². The molecule has 0 bridgehead atoms. The highest BCUT2D eigenvalue weighted by Crippen LogP contribution is 2.42. The van der Waals surface area contributed by atoms with Gasteiger partial charge in [-0.1, -0.05) is 0 Å². The summed E-state index contributed by atoms with van der Waals surface area (Å²) in [5.74, 6) is 1.45. The van der Waals surface area contributed by atoms with Crippen LogP contribution in [0.1, 0.15) is 22.9 Å². The quantitative estimate of drug-likeness (QED) is 0.770. The molecule has 0 radical (unpaired) electrons. The zero-order chi connectivity index (χ0) is 17.7. The molecular formula is C20H18FN2O3+. The molecule has 3 heterocycles. The van der Waals surface area contributed by atoms with E-state index < -0.39 is 0 Å². The third-order valence-corrected chi connectivity index (χ3v) is 5.04. The number of hydrogen-bond donors (Lipinski definition) is 1. The van der Waals surface area contributed by atoms with Crippen molar-refractivity contribution in [1.82, 2.24) is 4.57 Å². The molecule has 0 fully saturated rings. The Morgan fingerprint density at radius 3 is 3.00 bits per heavy atom. The van der Waals surface area contributed by atoms with Crippen LogP contribution in [0.5, 0.6) is 17.2 Å². The second-order valence-electron chi connectivity index (χ2n) is 6.42. The molecule has 0 saturated heterocycles. The standard InChI is InChI=1S/C20H17FN2O3/c1-24-17-9-12(4-6-14(17)21)18-15-3-2-8-23(15)19-13(10-22-18)5-7-16-20(19)26-11-25-16/h2-9,18,22H,10-11H2,1H3/p+1. The Morgan fingerprint density at radius 1 is 1.19 bits per heavy atom. The van der Waals surface area contributed by atoms with Gasteiger partial charge in [-0.3, -0.25) is 0 Å². The molecule has 2 N–H and O–H groups in total. The second-order valence-corrected chi connectivity index (χ2v) is 6.42. The molecule has 0 amide bonds. The number of nitrogens with zero attached hydrogens (tertiary/aromatic N) is 1. The van der Waals surface area contributed by atoms with Gasteiger partial charge in [0.25, 0.3) is 0 Å². The highest BCUT2D eigenvalue weighted by Gasteiger charge is 2.31. The van der Waals surface area contributed by atoms with Gasteiger partial charge >= 0.3 is 0 Å². The Hall–Kier alpha value is -2.99. The molecule has 6 heteroatoms. The van der Waals surface area contributed by atoms with Gasteiger partial charge in [0, 0.05) is 17.3 Å². The number of fused-ring (bicyclic) bond motifs is 5. The molecule has 3 aromatic rings. The van der Waals surface area contributed by atoms with Crippen molar-refractivity contribution in [2.24, 2.45) is 0 Å². The van der Waals surface area contributed by atoms with E-state index in [1.807, 2.05) is 24.4 Å². The average molecular weight is 353 g/mol. The van der Waals surface area contributed by atoms with Crippen molar-refractivity contribution in [3.63, 3.8) is 0 Å². The lowest BCUT2D eigenvalue weighted by Gasteiger charge is -2.16. The van der Waals surface area contributed by atoms with Crippen molar-refractivity contribution in [1.29, 1.82) is 0 Å². The summed E-state index contributed by atoms with van der Waals surface area (Å²) in [4.78, 5) is 0. The third-order valence-electron chi connectivity index (χ3n) is 5.04. The maximum atomic E-state index is 13.8. The van der Waals surface area contributed by atoms with Crippen LogP contribution in [0, 0.1) is 5.82 Å². The van der Waals surface area contributed by atoms with E-state index in [-0.39, 0.29) is 24.4 Å². The highest BCUT2D eigenvalue weighted by atomic mass is 19.1. The van der Waals surface area contributed by atoms with Gasteiger partial charge in [0.2, 0.25) is 6.79 Å². The molecule has 2 aliphatic heterocycles. The number of aromatic nitrogens is 1. The number of methoxy groups -OCH3 is 1. The van der Waals surface area contributed by atoms with Crippen LogP contribution in [0.2, 0.25) is 0 Å². The number of hydrogen-bond acceptors (Lipinski definition) is 3. The maximum Gasteiger partial charge on any atom is 0.231 e. The first-order valence-electron chi connectivity index (χ1n) is 8.52. The van der Waals surface area contributed by atoms with Gasteiger partial charge < -0.3 is 24.1 Å². The minimum Gasteiger partial charge on any atom is -0.494 e. The van der Waals surface area contributed by atoms with Crippen LogP contribution in [0.3, 0.4) is 0 Å². The van der Waals surface area contributed by atoms with Crippen molar-refractivity contribution in [2.45, 2.75) is 12.6 Å². The molecular weight excluding hydrogens is 335 g/mol. The van der Waals surface area contributed by atoms with E-state index in [4.69, 9.17) is 14.2 Å². The first-order valence-corrected chi connectivity index (χ1v) is 8.52.